The van der Waals surface area contributed by atoms with E-state index >= 15 is 0 Å². The molecule has 2 aromatic carbocycles. The zero-order valence-corrected chi connectivity index (χ0v) is 16.1. The van der Waals surface area contributed by atoms with E-state index in [1.54, 1.807) is 53.3 Å². The van der Waals surface area contributed by atoms with Crippen LogP contribution in [-0.2, 0) is 6.18 Å². The molecule has 10 heteroatoms. The SMILES string of the molecule is O=C(Nc1ccc(C#Cc2ccc3nccn3n2)cc1)Nc1cc(C(F)(F)F)ccc1F. The Labute approximate surface area is 178 Å². The van der Waals surface area contributed by atoms with Gasteiger partial charge in [-0.1, -0.05) is 5.92 Å². The number of nitrogens with zero attached hydrogens (tertiary/aromatic N) is 3. The minimum Gasteiger partial charge on any atom is -0.308 e. The summed E-state index contributed by atoms with van der Waals surface area (Å²) in [7, 11) is 0. The predicted octanol–water partition coefficient (Wildman–Crippen LogP) is 4.93. The number of hydrogen-bond donors (Lipinski definition) is 2. The lowest BCUT2D eigenvalue weighted by molar-refractivity contribution is -0.137. The standard InChI is InChI=1S/C22H13F4N5O/c23-18-9-4-15(22(24,25)26)13-19(18)29-21(32)28-16-5-1-14(2-6-16)3-7-17-8-10-20-27-11-12-31(20)30-17/h1-2,4-6,8-13H,(H2,28,29,32). The molecule has 4 rings (SSSR count). The average Bonchev–Trinajstić information content (AvgIpc) is 3.22. The minimum atomic E-state index is -4.66. The van der Waals surface area contributed by atoms with Gasteiger partial charge in [0, 0.05) is 23.6 Å². The van der Waals surface area contributed by atoms with Crippen LogP contribution < -0.4 is 10.6 Å². The molecule has 2 heterocycles. The Kier molecular flexibility index (Phi) is 5.47. The Hall–Kier alpha value is -4.39. The van der Waals surface area contributed by atoms with Crippen LogP contribution in [0.15, 0.2) is 67.0 Å². The van der Waals surface area contributed by atoms with Crippen molar-refractivity contribution in [1.82, 2.24) is 14.6 Å². The Morgan fingerprint density at radius 1 is 0.969 bits per heavy atom. The monoisotopic (exact) mass is 439 g/mol. The number of carbonyl (C=O) groups excluding carboxylic acids is 1. The number of anilines is 2. The molecule has 32 heavy (non-hydrogen) atoms. The molecule has 4 aromatic rings. The van der Waals surface area contributed by atoms with Gasteiger partial charge in [0.15, 0.2) is 5.65 Å². The molecular weight excluding hydrogens is 426 g/mol. The van der Waals surface area contributed by atoms with Crippen LogP contribution >= 0.6 is 0 Å². The summed E-state index contributed by atoms with van der Waals surface area (Å²) >= 11 is 0. The van der Waals surface area contributed by atoms with Crippen LogP contribution in [0.3, 0.4) is 0 Å². The number of carbonyl (C=O) groups is 1. The number of benzene rings is 2. The van der Waals surface area contributed by atoms with E-state index in [0.717, 1.165) is 0 Å². The van der Waals surface area contributed by atoms with Crippen molar-refractivity contribution in [1.29, 1.82) is 0 Å². The highest BCUT2D eigenvalue weighted by Crippen LogP contribution is 2.31. The van der Waals surface area contributed by atoms with E-state index in [2.05, 4.69) is 32.6 Å². The van der Waals surface area contributed by atoms with Gasteiger partial charge in [0.2, 0.25) is 0 Å². The van der Waals surface area contributed by atoms with Crippen molar-refractivity contribution >= 4 is 23.1 Å². The summed E-state index contributed by atoms with van der Waals surface area (Å²) in [5.41, 5.74) is 0.584. The Balaban J connectivity index is 1.41. The lowest BCUT2D eigenvalue weighted by atomic mass is 10.2. The van der Waals surface area contributed by atoms with E-state index in [-0.39, 0.29) is 0 Å². The first-order valence-corrected chi connectivity index (χ1v) is 9.15. The van der Waals surface area contributed by atoms with E-state index < -0.39 is 29.3 Å². The molecule has 0 radical (unpaired) electrons. The first-order chi connectivity index (χ1) is 15.3. The van der Waals surface area contributed by atoms with Gasteiger partial charge in [0.1, 0.15) is 11.5 Å². The lowest BCUT2D eigenvalue weighted by Gasteiger charge is -2.11. The van der Waals surface area contributed by atoms with Gasteiger partial charge in [-0.15, -0.1) is 0 Å². The van der Waals surface area contributed by atoms with Gasteiger partial charge in [0.25, 0.3) is 0 Å². The largest absolute Gasteiger partial charge is 0.416 e. The third kappa shape index (κ3) is 4.84. The van der Waals surface area contributed by atoms with Gasteiger partial charge in [-0.25, -0.2) is 18.7 Å². The molecule has 0 saturated heterocycles. The van der Waals surface area contributed by atoms with Gasteiger partial charge < -0.3 is 10.6 Å². The zero-order chi connectivity index (χ0) is 22.7. The van der Waals surface area contributed by atoms with Crippen molar-refractivity contribution in [2.75, 3.05) is 10.6 Å². The molecule has 2 aromatic heterocycles. The number of hydrogen-bond acceptors (Lipinski definition) is 3. The predicted molar refractivity (Wildman–Crippen MR) is 109 cm³/mol. The normalized spacial score (nSPS) is 11.0. The topological polar surface area (TPSA) is 71.3 Å². The van der Waals surface area contributed by atoms with Crippen molar-refractivity contribution in [2.45, 2.75) is 6.18 Å². The van der Waals surface area contributed by atoms with Crippen molar-refractivity contribution in [3.05, 3.63) is 89.6 Å². The average molecular weight is 439 g/mol. The molecule has 0 aliphatic heterocycles. The smallest absolute Gasteiger partial charge is 0.308 e. The molecule has 2 N–H and O–H groups in total. The first kappa shape index (κ1) is 20.9. The van der Waals surface area contributed by atoms with Crippen molar-refractivity contribution in [3.63, 3.8) is 0 Å². The Morgan fingerprint density at radius 2 is 1.75 bits per heavy atom. The van der Waals surface area contributed by atoms with Crippen LogP contribution in [0.25, 0.3) is 5.65 Å². The summed E-state index contributed by atoms with van der Waals surface area (Å²) in [6.45, 7) is 0. The third-order valence-electron chi connectivity index (χ3n) is 4.27. The third-order valence-corrected chi connectivity index (χ3v) is 4.27. The molecule has 0 spiro atoms. The fourth-order valence-corrected chi connectivity index (χ4v) is 2.74. The molecule has 0 unspecified atom stereocenters. The second kappa shape index (κ2) is 8.39. The molecule has 160 valence electrons. The number of alkyl halides is 3. The number of imidazole rings is 1. The molecule has 0 aliphatic rings. The second-order valence-electron chi connectivity index (χ2n) is 6.55. The molecule has 0 fully saturated rings. The molecule has 0 saturated carbocycles. The lowest BCUT2D eigenvalue weighted by Crippen LogP contribution is -2.20. The van der Waals surface area contributed by atoms with Crippen LogP contribution in [0, 0.1) is 17.7 Å². The summed E-state index contributed by atoms with van der Waals surface area (Å²) in [4.78, 5) is 16.2. The minimum absolute atomic E-state index is 0.346. The number of urea groups is 1. The van der Waals surface area contributed by atoms with Crippen molar-refractivity contribution in [2.24, 2.45) is 0 Å². The highest BCUT2D eigenvalue weighted by atomic mass is 19.4. The molecular formula is C22H13F4N5O. The summed E-state index contributed by atoms with van der Waals surface area (Å²) in [5, 5.41) is 8.79. The Morgan fingerprint density at radius 3 is 2.50 bits per heavy atom. The zero-order valence-electron chi connectivity index (χ0n) is 16.1. The van der Waals surface area contributed by atoms with Crippen LogP contribution in [-0.4, -0.2) is 20.6 Å². The molecule has 0 aliphatic carbocycles. The van der Waals surface area contributed by atoms with E-state index in [4.69, 9.17) is 0 Å². The highest BCUT2D eigenvalue weighted by molar-refractivity contribution is 5.99. The van der Waals surface area contributed by atoms with Gasteiger partial charge in [-0.05, 0) is 60.5 Å². The van der Waals surface area contributed by atoms with Crippen LogP contribution in [0.1, 0.15) is 16.8 Å². The summed E-state index contributed by atoms with van der Waals surface area (Å²) in [5.74, 6) is 4.87. The fourth-order valence-electron chi connectivity index (χ4n) is 2.74. The quantitative estimate of drug-likeness (QED) is 0.344. The second-order valence-corrected chi connectivity index (χ2v) is 6.55. The molecule has 6 nitrogen and oxygen atoms in total. The number of aromatic nitrogens is 3. The number of nitrogens with one attached hydrogen (secondary N) is 2. The molecule has 2 amide bonds. The van der Waals surface area contributed by atoms with E-state index in [0.29, 0.717) is 40.8 Å². The van der Waals surface area contributed by atoms with Gasteiger partial charge in [-0.2, -0.15) is 18.3 Å². The number of rotatable bonds is 2. The maximum absolute atomic E-state index is 13.8. The summed E-state index contributed by atoms with van der Waals surface area (Å²) < 4.78 is 53.7. The van der Waals surface area contributed by atoms with E-state index in [9.17, 15) is 22.4 Å². The highest BCUT2D eigenvalue weighted by Gasteiger charge is 2.31. The summed E-state index contributed by atoms with van der Waals surface area (Å²) in [6.07, 6.45) is -1.32. The number of halogens is 4. The maximum Gasteiger partial charge on any atom is 0.416 e. The number of fused-ring (bicyclic) bond motifs is 1. The summed E-state index contributed by atoms with van der Waals surface area (Å²) in [6, 6.07) is 10.8. The van der Waals surface area contributed by atoms with Crippen LogP contribution in [0.4, 0.5) is 33.7 Å². The fraction of sp³-hybridized carbons (Fsp3) is 0.0455. The molecule has 0 atom stereocenters. The Bertz CT molecular complexity index is 1350. The maximum atomic E-state index is 13.8. The van der Waals surface area contributed by atoms with Gasteiger partial charge in [-0.3, -0.25) is 0 Å². The van der Waals surface area contributed by atoms with Gasteiger partial charge in [0.05, 0.1) is 11.3 Å². The van der Waals surface area contributed by atoms with Crippen LogP contribution in [0.2, 0.25) is 0 Å². The van der Waals surface area contributed by atoms with Gasteiger partial charge >= 0.3 is 12.2 Å². The van der Waals surface area contributed by atoms with E-state index in [1.165, 1.54) is 0 Å². The van der Waals surface area contributed by atoms with Crippen molar-refractivity contribution < 1.29 is 22.4 Å². The van der Waals surface area contributed by atoms with Crippen molar-refractivity contribution in [3.8, 4) is 11.8 Å². The first-order valence-electron chi connectivity index (χ1n) is 9.15. The van der Waals surface area contributed by atoms with E-state index in [1.807, 2.05) is 0 Å². The number of amides is 2. The molecule has 0 bridgehead atoms. The van der Waals surface area contributed by atoms with Crippen LogP contribution in [0.5, 0.6) is 0 Å².